The Kier molecular flexibility index (Phi) is 4.47. The van der Waals surface area contributed by atoms with Crippen molar-refractivity contribution in [2.45, 2.75) is 24.8 Å². The number of rotatable bonds is 5. The molecule has 7 heteroatoms. The van der Waals surface area contributed by atoms with Crippen LogP contribution < -0.4 is 4.74 Å². The van der Waals surface area contributed by atoms with Crippen LogP contribution in [0.4, 0.5) is 8.78 Å². The third-order valence-electron chi connectivity index (χ3n) is 2.37. The Morgan fingerprint density at radius 3 is 2.84 bits per heavy atom. The van der Waals surface area contributed by atoms with Crippen molar-refractivity contribution in [2.24, 2.45) is 0 Å². The Morgan fingerprint density at radius 1 is 1.37 bits per heavy atom. The number of benzene rings is 1. The van der Waals surface area contributed by atoms with E-state index in [1.807, 2.05) is 6.92 Å². The van der Waals surface area contributed by atoms with Gasteiger partial charge in [-0.05, 0) is 24.6 Å². The maximum atomic E-state index is 12.1. The third-order valence-corrected chi connectivity index (χ3v) is 3.41. The molecule has 1 aromatic carbocycles. The number of aromatic nitrogens is 2. The normalized spacial score (nSPS) is 12.7. The van der Waals surface area contributed by atoms with E-state index in [4.69, 9.17) is 4.42 Å². The van der Waals surface area contributed by atoms with Gasteiger partial charge in [0.25, 0.3) is 0 Å². The molecule has 0 spiro atoms. The molecule has 0 N–H and O–H groups in total. The van der Waals surface area contributed by atoms with Crippen LogP contribution in [0.5, 0.6) is 5.75 Å². The van der Waals surface area contributed by atoms with Gasteiger partial charge in [-0.3, -0.25) is 0 Å². The zero-order chi connectivity index (χ0) is 13.8. The number of halogens is 3. The molecule has 0 radical (unpaired) electrons. The highest BCUT2D eigenvalue weighted by Crippen LogP contribution is 2.29. The Bertz CT molecular complexity index is 548. The number of alkyl halides is 3. The molecule has 4 nitrogen and oxygen atoms in total. The summed E-state index contributed by atoms with van der Waals surface area (Å²) in [4.78, 5) is -0.0192. The van der Waals surface area contributed by atoms with Gasteiger partial charge in [0, 0.05) is 5.56 Å². The molecule has 1 unspecified atom stereocenters. The molecule has 0 aliphatic rings. The molecule has 1 atom stereocenters. The number of hydrogen-bond donors (Lipinski definition) is 0. The molecule has 0 saturated carbocycles. The van der Waals surface area contributed by atoms with Crippen LogP contribution in [0.2, 0.25) is 0 Å². The van der Waals surface area contributed by atoms with Crippen LogP contribution in [-0.2, 0) is 0 Å². The second-order valence-corrected chi connectivity index (χ2v) is 4.83. The monoisotopic (exact) mass is 332 g/mol. The Hall–Kier alpha value is -1.50. The first kappa shape index (κ1) is 13.9. The van der Waals surface area contributed by atoms with Crippen LogP contribution in [-0.4, -0.2) is 16.8 Å². The van der Waals surface area contributed by atoms with Gasteiger partial charge in [0.15, 0.2) is 0 Å². The fourth-order valence-electron chi connectivity index (χ4n) is 1.46. The van der Waals surface area contributed by atoms with Crippen molar-refractivity contribution in [2.75, 3.05) is 0 Å². The lowest BCUT2D eigenvalue weighted by atomic mass is 10.2. The largest absolute Gasteiger partial charge is 0.435 e. The molecule has 0 fully saturated rings. The molecular formula is C12H11BrF2N2O2. The van der Waals surface area contributed by atoms with Crippen LogP contribution in [0.3, 0.4) is 0 Å². The summed E-state index contributed by atoms with van der Waals surface area (Å²) in [6.45, 7) is -0.888. The van der Waals surface area contributed by atoms with E-state index < -0.39 is 6.61 Å². The second kappa shape index (κ2) is 6.10. The molecule has 0 aliphatic heterocycles. The minimum atomic E-state index is -2.86. The SMILES string of the molecule is CCC(Br)c1nnc(-c2cccc(OC(F)F)c2)o1. The number of nitrogens with zero attached hydrogens (tertiary/aromatic N) is 2. The zero-order valence-corrected chi connectivity index (χ0v) is 11.6. The van der Waals surface area contributed by atoms with Gasteiger partial charge in [-0.15, -0.1) is 10.2 Å². The highest BCUT2D eigenvalue weighted by molar-refractivity contribution is 9.09. The van der Waals surface area contributed by atoms with Crippen LogP contribution in [0, 0.1) is 0 Å². The van der Waals surface area contributed by atoms with E-state index in [9.17, 15) is 8.78 Å². The molecule has 0 amide bonds. The van der Waals surface area contributed by atoms with E-state index in [1.54, 1.807) is 12.1 Å². The van der Waals surface area contributed by atoms with Gasteiger partial charge < -0.3 is 9.15 Å². The first-order valence-corrected chi connectivity index (χ1v) is 6.54. The lowest BCUT2D eigenvalue weighted by molar-refractivity contribution is -0.0498. The lowest BCUT2D eigenvalue weighted by Gasteiger charge is -2.04. The average Bonchev–Trinajstić information content (AvgIpc) is 2.87. The van der Waals surface area contributed by atoms with Gasteiger partial charge in [0.05, 0.1) is 4.83 Å². The smallest absolute Gasteiger partial charge is 0.387 e. The minimum absolute atomic E-state index is 0.0192. The van der Waals surface area contributed by atoms with Crippen molar-refractivity contribution < 1.29 is 17.9 Å². The molecule has 1 heterocycles. The highest BCUT2D eigenvalue weighted by atomic mass is 79.9. The Labute approximate surface area is 116 Å². The fourth-order valence-corrected chi connectivity index (χ4v) is 1.64. The van der Waals surface area contributed by atoms with Gasteiger partial charge in [-0.2, -0.15) is 8.78 Å². The average molecular weight is 333 g/mol. The summed E-state index contributed by atoms with van der Waals surface area (Å²) < 4.78 is 34.1. The van der Waals surface area contributed by atoms with E-state index >= 15 is 0 Å². The van der Waals surface area contributed by atoms with Gasteiger partial charge in [-0.25, -0.2) is 0 Å². The summed E-state index contributed by atoms with van der Waals surface area (Å²) in [5.74, 6) is 0.781. The highest BCUT2D eigenvalue weighted by Gasteiger charge is 2.15. The van der Waals surface area contributed by atoms with Crippen molar-refractivity contribution in [3.63, 3.8) is 0 Å². The van der Waals surface area contributed by atoms with Crippen LogP contribution in [0.25, 0.3) is 11.5 Å². The van der Waals surface area contributed by atoms with Gasteiger partial charge in [0.2, 0.25) is 11.8 Å². The summed E-state index contributed by atoms with van der Waals surface area (Å²) in [5, 5.41) is 7.79. The van der Waals surface area contributed by atoms with Gasteiger partial charge in [-0.1, -0.05) is 28.9 Å². The molecule has 2 aromatic rings. The van der Waals surface area contributed by atoms with E-state index in [0.717, 1.165) is 6.42 Å². The number of ether oxygens (including phenoxy) is 1. The predicted octanol–water partition coefficient (Wildman–Crippen LogP) is 4.18. The standard InChI is InChI=1S/C12H11BrF2N2O2/c1-2-9(13)11-17-16-10(19-11)7-4-3-5-8(6-7)18-12(14)15/h3-6,9,12H,2H2,1H3. The summed E-state index contributed by atoms with van der Waals surface area (Å²) in [6, 6.07) is 6.14. The van der Waals surface area contributed by atoms with E-state index in [1.165, 1.54) is 12.1 Å². The maximum Gasteiger partial charge on any atom is 0.387 e. The van der Waals surface area contributed by atoms with Gasteiger partial charge in [0.1, 0.15) is 5.75 Å². The predicted molar refractivity (Wildman–Crippen MR) is 68.3 cm³/mol. The molecular weight excluding hydrogens is 322 g/mol. The van der Waals surface area contributed by atoms with Gasteiger partial charge >= 0.3 is 6.61 Å². The van der Waals surface area contributed by atoms with Crippen molar-refractivity contribution in [1.29, 1.82) is 0 Å². The lowest BCUT2D eigenvalue weighted by Crippen LogP contribution is -2.01. The second-order valence-electron chi connectivity index (χ2n) is 3.73. The van der Waals surface area contributed by atoms with Crippen molar-refractivity contribution in [1.82, 2.24) is 10.2 Å². The molecule has 2 rings (SSSR count). The Balaban J connectivity index is 2.24. The molecule has 0 bridgehead atoms. The summed E-state index contributed by atoms with van der Waals surface area (Å²) >= 11 is 3.40. The molecule has 102 valence electrons. The van der Waals surface area contributed by atoms with Crippen molar-refractivity contribution in [3.05, 3.63) is 30.2 Å². The third kappa shape index (κ3) is 3.50. The maximum absolute atomic E-state index is 12.1. The topological polar surface area (TPSA) is 48.2 Å². The van der Waals surface area contributed by atoms with Crippen molar-refractivity contribution in [3.8, 4) is 17.2 Å². The summed E-state index contributed by atoms with van der Waals surface area (Å²) in [5.41, 5.74) is 0.535. The minimum Gasteiger partial charge on any atom is -0.435 e. The number of hydrogen-bond acceptors (Lipinski definition) is 4. The van der Waals surface area contributed by atoms with Crippen LogP contribution >= 0.6 is 15.9 Å². The van der Waals surface area contributed by atoms with E-state index in [0.29, 0.717) is 11.5 Å². The molecule has 19 heavy (non-hydrogen) atoms. The first-order chi connectivity index (χ1) is 9.10. The Morgan fingerprint density at radius 2 is 2.16 bits per heavy atom. The molecule has 0 aliphatic carbocycles. The molecule has 1 aromatic heterocycles. The van der Waals surface area contributed by atoms with Crippen LogP contribution in [0.15, 0.2) is 28.7 Å². The summed E-state index contributed by atoms with van der Waals surface area (Å²) in [6.07, 6.45) is 0.802. The van der Waals surface area contributed by atoms with Crippen molar-refractivity contribution >= 4 is 15.9 Å². The summed E-state index contributed by atoms with van der Waals surface area (Å²) in [7, 11) is 0. The molecule has 0 saturated heterocycles. The first-order valence-electron chi connectivity index (χ1n) is 5.63. The van der Waals surface area contributed by atoms with E-state index in [-0.39, 0.29) is 16.5 Å². The zero-order valence-electron chi connectivity index (χ0n) is 10.0. The quantitative estimate of drug-likeness (QED) is 0.770. The van der Waals surface area contributed by atoms with E-state index in [2.05, 4.69) is 30.9 Å². The fraction of sp³-hybridized carbons (Fsp3) is 0.333. The van der Waals surface area contributed by atoms with Crippen LogP contribution in [0.1, 0.15) is 24.1 Å².